The van der Waals surface area contributed by atoms with Gasteiger partial charge in [-0.15, -0.1) is 0 Å². The van der Waals surface area contributed by atoms with Crippen molar-refractivity contribution in [1.82, 2.24) is 0 Å². The predicted molar refractivity (Wildman–Crippen MR) is 89.3 cm³/mol. The Bertz CT molecular complexity index is 728. The Labute approximate surface area is 143 Å². The van der Waals surface area contributed by atoms with E-state index in [4.69, 9.17) is 10.5 Å². The zero-order valence-corrected chi connectivity index (χ0v) is 13.7. The van der Waals surface area contributed by atoms with E-state index in [1.807, 2.05) is 12.1 Å². The summed E-state index contributed by atoms with van der Waals surface area (Å²) in [5.41, 5.74) is 5.93. The zero-order valence-electron chi connectivity index (χ0n) is 13.7. The quantitative estimate of drug-likeness (QED) is 0.832. The van der Waals surface area contributed by atoms with E-state index in [0.717, 1.165) is 17.7 Å². The first-order valence-corrected chi connectivity index (χ1v) is 7.66. The first-order valence-electron chi connectivity index (χ1n) is 7.66. The van der Waals surface area contributed by atoms with Crippen LogP contribution in [-0.2, 0) is 23.9 Å². The summed E-state index contributed by atoms with van der Waals surface area (Å²) in [7, 11) is 1.56. The highest BCUT2D eigenvalue weighted by atomic mass is 19.4. The third-order valence-electron chi connectivity index (χ3n) is 3.64. The van der Waals surface area contributed by atoms with E-state index >= 15 is 0 Å². The number of hydrogen-bond acceptors (Lipinski definition) is 3. The summed E-state index contributed by atoms with van der Waals surface area (Å²) in [5, 5.41) is 2.50. The van der Waals surface area contributed by atoms with Crippen molar-refractivity contribution in [2.24, 2.45) is 5.73 Å². The maximum absolute atomic E-state index is 12.9. The molecule has 134 valence electrons. The lowest BCUT2D eigenvalue weighted by Gasteiger charge is -2.12. The number of hydrogen-bond donors (Lipinski definition) is 2. The van der Waals surface area contributed by atoms with Gasteiger partial charge >= 0.3 is 6.18 Å². The number of aryl methyl sites for hydroxylation is 1. The van der Waals surface area contributed by atoms with Crippen molar-refractivity contribution in [2.45, 2.75) is 25.6 Å². The molecule has 0 saturated carbocycles. The minimum atomic E-state index is -4.49. The summed E-state index contributed by atoms with van der Waals surface area (Å²) in [5.74, 6) is 0.351. The molecule has 2 aromatic rings. The largest absolute Gasteiger partial charge is 0.497 e. The van der Waals surface area contributed by atoms with E-state index in [-0.39, 0.29) is 24.6 Å². The van der Waals surface area contributed by atoms with Crippen LogP contribution >= 0.6 is 0 Å². The highest BCUT2D eigenvalue weighted by molar-refractivity contribution is 5.91. The van der Waals surface area contributed by atoms with Gasteiger partial charge in [0, 0.05) is 18.7 Å². The Balaban J connectivity index is 2.01. The number of alkyl halides is 3. The Kier molecular flexibility index (Phi) is 6.03. The van der Waals surface area contributed by atoms with Crippen molar-refractivity contribution in [2.75, 3.05) is 12.4 Å². The molecule has 0 radical (unpaired) electrons. The first-order chi connectivity index (χ1) is 11.8. The zero-order chi connectivity index (χ0) is 18.4. The highest BCUT2D eigenvalue weighted by Gasteiger charge is 2.31. The molecule has 0 bridgehead atoms. The third kappa shape index (κ3) is 5.49. The summed E-state index contributed by atoms with van der Waals surface area (Å²) in [6.45, 7) is -0.0430. The Morgan fingerprint density at radius 1 is 1.12 bits per heavy atom. The van der Waals surface area contributed by atoms with Crippen molar-refractivity contribution in [3.8, 4) is 5.75 Å². The van der Waals surface area contributed by atoms with Crippen LogP contribution in [0.25, 0.3) is 0 Å². The minimum absolute atomic E-state index is 0.0430. The Hall–Kier alpha value is -2.54. The summed E-state index contributed by atoms with van der Waals surface area (Å²) in [6.07, 6.45) is -3.87. The fraction of sp³-hybridized carbons (Fsp3) is 0.278. The van der Waals surface area contributed by atoms with Crippen LogP contribution < -0.4 is 15.8 Å². The van der Waals surface area contributed by atoms with Crippen LogP contribution in [-0.4, -0.2) is 13.0 Å². The van der Waals surface area contributed by atoms with Gasteiger partial charge in [0.25, 0.3) is 0 Å². The molecule has 4 nitrogen and oxygen atoms in total. The average Bonchev–Trinajstić information content (AvgIpc) is 2.59. The monoisotopic (exact) mass is 352 g/mol. The van der Waals surface area contributed by atoms with Crippen molar-refractivity contribution in [1.29, 1.82) is 0 Å². The molecule has 0 saturated heterocycles. The van der Waals surface area contributed by atoms with Crippen LogP contribution in [0, 0.1) is 0 Å². The summed E-state index contributed by atoms with van der Waals surface area (Å²) in [4.78, 5) is 12.0. The molecule has 7 heteroatoms. The van der Waals surface area contributed by atoms with E-state index in [9.17, 15) is 18.0 Å². The van der Waals surface area contributed by atoms with Gasteiger partial charge in [0.1, 0.15) is 5.75 Å². The summed E-state index contributed by atoms with van der Waals surface area (Å²) >= 11 is 0. The van der Waals surface area contributed by atoms with Gasteiger partial charge in [-0.1, -0.05) is 12.1 Å². The first kappa shape index (κ1) is 18.8. The van der Waals surface area contributed by atoms with Crippen molar-refractivity contribution in [3.63, 3.8) is 0 Å². The maximum atomic E-state index is 12.9. The Morgan fingerprint density at radius 3 is 2.36 bits per heavy atom. The molecular weight excluding hydrogens is 333 g/mol. The molecule has 0 fully saturated rings. The molecule has 0 aromatic heterocycles. The highest BCUT2D eigenvalue weighted by Crippen LogP contribution is 2.32. The Morgan fingerprint density at radius 2 is 1.80 bits per heavy atom. The number of methoxy groups -OCH3 is 1. The van der Waals surface area contributed by atoms with Gasteiger partial charge in [0.15, 0.2) is 0 Å². The van der Waals surface area contributed by atoms with Gasteiger partial charge in [-0.25, -0.2) is 0 Å². The summed E-state index contributed by atoms with van der Waals surface area (Å²) in [6, 6.07) is 10.6. The normalized spacial score (nSPS) is 11.2. The van der Waals surface area contributed by atoms with Gasteiger partial charge in [-0.05, 0) is 47.9 Å². The van der Waals surface area contributed by atoms with Crippen molar-refractivity contribution in [3.05, 3.63) is 59.2 Å². The van der Waals surface area contributed by atoms with Gasteiger partial charge in [0.05, 0.1) is 12.7 Å². The lowest BCUT2D eigenvalue weighted by Crippen LogP contribution is -2.14. The second kappa shape index (κ2) is 8.02. The minimum Gasteiger partial charge on any atom is -0.497 e. The van der Waals surface area contributed by atoms with E-state index < -0.39 is 11.7 Å². The number of benzene rings is 2. The van der Waals surface area contributed by atoms with Crippen LogP contribution in [0.1, 0.15) is 23.1 Å². The molecule has 2 aromatic carbocycles. The molecule has 0 spiro atoms. The van der Waals surface area contributed by atoms with Crippen LogP contribution in [0.15, 0.2) is 42.5 Å². The molecular formula is C18H19F3N2O2. The topological polar surface area (TPSA) is 64.3 Å². The lowest BCUT2D eigenvalue weighted by atomic mass is 10.1. The number of nitrogens with one attached hydrogen (secondary N) is 1. The van der Waals surface area contributed by atoms with E-state index in [1.165, 1.54) is 6.07 Å². The number of halogens is 3. The second-order valence-electron chi connectivity index (χ2n) is 5.52. The summed E-state index contributed by atoms with van der Waals surface area (Å²) < 4.78 is 43.7. The molecule has 0 atom stereocenters. The van der Waals surface area contributed by atoms with Gasteiger partial charge in [0.2, 0.25) is 5.91 Å². The number of carbonyl (C=O) groups is 1. The van der Waals surface area contributed by atoms with Gasteiger partial charge in [-0.3, -0.25) is 4.79 Å². The molecule has 3 N–H and O–H groups in total. The van der Waals surface area contributed by atoms with E-state index in [2.05, 4.69) is 5.32 Å². The third-order valence-corrected chi connectivity index (χ3v) is 3.64. The van der Waals surface area contributed by atoms with Crippen LogP contribution in [0.5, 0.6) is 5.75 Å². The van der Waals surface area contributed by atoms with E-state index in [1.54, 1.807) is 19.2 Å². The number of nitrogens with two attached hydrogens (primary N) is 1. The maximum Gasteiger partial charge on any atom is 0.416 e. The average molecular weight is 352 g/mol. The van der Waals surface area contributed by atoms with Crippen LogP contribution in [0.4, 0.5) is 18.9 Å². The molecule has 25 heavy (non-hydrogen) atoms. The van der Waals surface area contributed by atoms with Crippen LogP contribution in [0.2, 0.25) is 0 Å². The van der Waals surface area contributed by atoms with Crippen molar-refractivity contribution < 1.29 is 22.7 Å². The lowest BCUT2D eigenvalue weighted by molar-refractivity contribution is -0.137. The fourth-order valence-electron chi connectivity index (χ4n) is 2.32. The number of anilines is 1. The number of amides is 1. The molecule has 0 heterocycles. The SMILES string of the molecule is COc1ccc(CCC(=O)Nc2cc(CN)cc(C(F)(F)F)c2)cc1. The molecule has 0 unspecified atom stereocenters. The number of ether oxygens (including phenoxy) is 1. The molecule has 0 aliphatic carbocycles. The van der Waals surface area contributed by atoms with Gasteiger partial charge < -0.3 is 15.8 Å². The number of rotatable bonds is 6. The smallest absolute Gasteiger partial charge is 0.416 e. The molecule has 1 amide bonds. The molecule has 0 aliphatic rings. The second-order valence-corrected chi connectivity index (χ2v) is 5.52. The fourth-order valence-corrected chi connectivity index (χ4v) is 2.32. The number of carbonyl (C=O) groups excluding carboxylic acids is 1. The van der Waals surface area contributed by atoms with E-state index in [0.29, 0.717) is 17.7 Å². The van der Waals surface area contributed by atoms with Crippen molar-refractivity contribution >= 4 is 11.6 Å². The molecule has 0 aliphatic heterocycles. The predicted octanol–water partition coefficient (Wildman–Crippen LogP) is 3.74. The van der Waals surface area contributed by atoms with Crippen LogP contribution in [0.3, 0.4) is 0 Å². The molecule has 2 rings (SSSR count). The van der Waals surface area contributed by atoms with Gasteiger partial charge in [-0.2, -0.15) is 13.2 Å². The standard InChI is InChI=1S/C18H19F3N2O2/c1-25-16-5-2-12(3-6-16)4-7-17(24)23-15-9-13(11-22)8-14(10-15)18(19,20)21/h2-3,5-6,8-10H,4,7,11,22H2,1H3,(H,23,24).